The van der Waals surface area contributed by atoms with E-state index in [2.05, 4.69) is 64.3 Å². The highest BCUT2D eigenvalue weighted by Crippen LogP contribution is 2.35. The number of hydrogen-bond donors (Lipinski definition) is 4. The van der Waals surface area contributed by atoms with Crippen LogP contribution in [0.5, 0.6) is 0 Å². The van der Waals surface area contributed by atoms with Crippen LogP contribution in [-0.2, 0) is 4.79 Å². The number of fused-ring (bicyclic) bond motifs is 1. The zero-order chi connectivity index (χ0) is 30.7. The summed E-state index contributed by atoms with van der Waals surface area (Å²) in [6, 6.07) is 21.1. The van der Waals surface area contributed by atoms with Crippen molar-refractivity contribution in [3.8, 4) is 11.4 Å². The average molecular weight is 646 g/mol. The molecular formula is C32H37BrN8O2. The fourth-order valence-corrected chi connectivity index (χ4v) is 6.27. The van der Waals surface area contributed by atoms with Crippen LogP contribution in [0.3, 0.4) is 0 Å². The van der Waals surface area contributed by atoms with Crippen molar-refractivity contribution in [1.82, 2.24) is 19.8 Å². The summed E-state index contributed by atoms with van der Waals surface area (Å²) in [5.41, 5.74) is 16.4. The minimum absolute atomic E-state index is 0.0450. The third-order valence-corrected chi connectivity index (χ3v) is 8.60. The zero-order valence-electron chi connectivity index (χ0n) is 24.4. The number of halogens is 1. The van der Waals surface area contributed by atoms with Gasteiger partial charge in [0.05, 0.1) is 11.0 Å². The Morgan fingerprint density at radius 3 is 2.58 bits per heavy atom. The lowest BCUT2D eigenvalue weighted by atomic mass is 10.1. The number of nitrogens with zero attached hydrogens (tertiary/aromatic N) is 4. The first-order valence-corrected chi connectivity index (χ1v) is 15.2. The number of benzene rings is 3. The SMILES string of the molecule is Cc1cccc(N2CCN(C(=O)c3ccc4c(c3)nc(-c3ccccc3Br)n4[C@H](CCCNC(=N)N)C(N)=O)CC2C)c1. The topological polar surface area (TPSA) is 146 Å². The van der Waals surface area contributed by atoms with E-state index in [9.17, 15) is 9.59 Å². The van der Waals surface area contributed by atoms with E-state index in [4.69, 9.17) is 21.9 Å². The van der Waals surface area contributed by atoms with Crippen molar-refractivity contribution in [1.29, 1.82) is 5.41 Å². The zero-order valence-corrected chi connectivity index (χ0v) is 26.0. The molecule has 10 nitrogen and oxygen atoms in total. The number of guanidine groups is 1. The van der Waals surface area contributed by atoms with E-state index in [-0.39, 0.29) is 17.9 Å². The largest absolute Gasteiger partial charge is 0.370 e. The Hall–Kier alpha value is -4.38. The number of aryl methyl sites for hydroxylation is 1. The van der Waals surface area contributed by atoms with Gasteiger partial charge in [0.2, 0.25) is 5.91 Å². The van der Waals surface area contributed by atoms with Crippen LogP contribution in [0.15, 0.2) is 71.2 Å². The summed E-state index contributed by atoms with van der Waals surface area (Å²) in [5, 5.41) is 10.2. The number of piperazine rings is 1. The molecule has 1 aliphatic heterocycles. The Bertz CT molecular complexity index is 1670. The fraction of sp³-hybridized carbons (Fsp3) is 0.312. The number of hydrogen-bond acceptors (Lipinski definition) is 5. The summed E-state index contributed by atoms with van der Waals surface area (Å²) in [7, 11) is 0. The van der Waals surface area contributed by atoms with Gasteiger partial charge in [-0.25, -0.2) is 4.98 Å². The molecule has 0 spiro atoms. The predicted molar refractivity (Wildman–Crippen MR) is 174 cm³/mol. The number of imidazole rings is 1. The number of anilines is 1. The Labute approximate surface area is 259 Å². The van der Waals surface area contributed by atoms with Gasteiger partial charge >= 0.3 is 0 Å². The molecule has 1 aliphatic rings. The van der Waals surface area contributed by atoms with Gasteiger partial charge < -0.3 is 31.2 Å². The molecule has 1 unspecified atom stereocenters. The van der Waals surface area contributed by atoms with Gasteiger partial charge in [-0.15, -0.1) is 0 Å². The lowest BCUT2D eigenvalue weighted by Gasteiger charge is -2.41. The quantitative estimate of drug-likeness (QED) is 0.121. The Morgan fingerprint density at radius 2 is 1.88 bits per heavy atom. The van der Waals surface area contributed by atoms with Crippen molar-refractivity contribution in [2.24, 2.45) is 11.5 Å². The van der Waals surface area contributed by atoms with Crippen LogP contribution in [0.1, 0.15) is 41.7 Å². The van der Waals surface area contributed by atoms with Gasteiger partial charge in [0.25, 0.3) is 5.91 Å². The maximum absolute atomic E-state index is 13.7. The van der Waals surface area contributed by atoms with Gasteiger partial charge in [-0.05, 0) is 68.7 Å². The standard InChI is InChI=1S/C32H37BrN8O2/c1-20-7-5-8-23(17-20)40-16-15-39(19-21(40)2)31(43)22-12-13-27-26(18-22)38-30(24-9-3-4-10-25(24)33)41(27)28(29(34)42)11-6-14-37-32(35)36/h3-5,7-10,12-13,17-18,21,28H,6,11,14-16,19H2,1-2H3,(H2,34,42)(H4,35,36,37)/t21?,28-/m1/s1. The number of nitrogens with two attached hydrogens (primary N) is 2. The number of rotatable bonds is 9. The van der Waals surface area contributed by atoms with Gasteiger partial charge in [0.1, 0.15) is 11.9 Å². The van der Waals surface area contributed by atoms with Crippen LogP contribution < -0.4 is 21.7 Å². The van der Waals surface area contributed by atoms with E-state index in [1.54, 1.807) is 6.07 Å². The fourth-order valence-electron chi connectivity index (χ4n) is 5.81. The molecule has 0 aliphatic carbocycles. The molecule has 0 bridgehead atoms. The van der Waals surface area contributed by atoms with Crippen LogP contribution in [-0.4, -0.2) is 64.4 Å². The normalized spacial score (nSPS) is 15.8. The number of aromatic nitrogens is 2. The van der Waals surface area contributed by atoms with Crippen LogP contribution in [0.25, 0.3) is 22.4 Å². The second-order valence-electron chi connectivity index (χ2n) is 11.0. The molecule has 1 fully saturated rings. The maximum Gasteiger partial charge on any atom is 0.254 e. The van der Waals surface area contributed by atoms with E-state index in [1.807, 2.05) is 45.9 Å². The molecule has 11 heteroatoms. The van der Waals surface area contributed by atoms with Crippen molar-refractivity contribution in [3.05, 3.63) is 82.3 Å². The van der Waals surface area contributed by atoms with E-state index in [0.29, 0.717) is 54.9 Å². The van der Waals surface area contributed by atoms with Crippen molar-refractivity contribution in [2.45, 2.75) is 38.8 Å². The molecule has 2 atom stereocenters. The third kappa shape index (κ3) is 6.51. The van der Waals surface area contributed by atoms with E-state index in [0.717, 1.165) is 16.6 Å². The van der Waals surface area contributed by atoms with Crippen molar-refractivity contribution < 1.29 is 9.59 Å². The molecular weight excluding hydrogens is 608 g/mol. The molecule has 6 N–H and O–H groups in total. The van der Waals surface area contributed by atoms with E-state index < -0.39 is 11.9 Å². The number of carbonyl (C=O) groups is 2. The summed E-state index contributed by atoms with van der Waals surface area (Å²) in [6.45, 7) is 6.64. The molecule has 224 valence electrons. The minimum Gasteiger partial charge on any atom is -0.370 e. The number of nitrogens with one attached hydrogen (secondary N) is 2. The van der Waals surface area contributed by atoms with Gasteiger partial charge in [-0.1, -0.05) is 46.3 Å². The molecule has 5 rings (SSSR count). The van der Waals surface area contributed by atoms with Gasteiger partial charge in [-0.2, -0.15) is 0 Å². The lowest BCUT2D eigenvalue weighted by molar-refractivity contribution is -0.121. The average Bonchev–Trinajstić information content (AvgIpc) is 3.34. The summed E-state index contributed by atoms with van der Waals surface area (Å²) in [4.78, 5) is 35.7. The van der Waals surface area contributed by atoms with Crippen molar-refractivity contribution in [3.63, 3.8) is 0 Å². The molecule has 2 amide bonds. The minimum atomic E-state index is -0.696. The Morgan fingerprint density at radius 1 is 1.09 bits per heavy atom. The van der Waals surface area contributed by atoms with Gasteiger partial charge in [0, 0.05) is 53.5 Å². The molecule has 4 aromatic rings. The van der Waals surface area contributed by atoms with Crippen molar-refractivity contribution >= 4 is 50.4 Å². The number of amides is 2. The predicted octanol–water partition coefficient (Wildman–Crippen LogP) is 4.41. The lowest BCUT2D eigenvalue weighted by Crippen LogP contribution is -2.53. The Balaban J connectivity index is 1.46. The first-order chi connectivity index (χ1) is 20.6. The van der Waals surface area contributed by atoms with E-state index in [1.165, 1.54) is 11.3 Å². The van der Waals surface area contributed by atoms with Crippen molar-refractivity contribution in [2.75, 3.05) is 31.1 Å². The highest BCUT2D eigenvalue weighted by molar-refractivity contribution is 9.10. The molecule has 1 aromatic heterocycles. The molecule has 0 radical (unpaired) electrons. The maximum atomic E-state index is 13.7. The highest BCUT2D eigenvalue weighted by Gasteiger charge is 2.29. The Kier molecular flexibility index (Phi) is 9.00. The second-order valence-corrected chi connectivity index (χ2v) is 11.9. The summed E-state index contributed by atoms with van der Waals surface area (Å²) < 4.78 is 2.69. The summed E-state index contributed by atoms with van der Waals surface area (Å²) >= 11 is 3.63. The molecule has 2 heterocycles. The van der Waals surface area contributed by atoms with Gasteiger partial charge in [0.15, 0.2) is 5.96 Å². The number of primary amides is 1. The van der Waals surface area contributed by atoms with Gasteiger partial charge in [-0.3, -0.25) is 15.0 Å². The molecule has 0 saturated carbocycles. The molecule has 1 saturated heterocycles. The summed E-state index contributed by atoms with van der Waals surface area (Å²) in [5.74, 6) is -0.0796. The second kappa shape index (κ2) is 12.9. The molecule has 3 aromatic carbocycles. The van der Waals surface area contributed by atoms with Crippen LogP contribution in [0.4, 0.5) is 5.69 Å². The van der Waals surface area contributed by atoms with Crippen LogP contribution in [0.2, 0.25) is 0 Å². The van der Waals surface area contributed by atoms with Crippen LogP contribution >= 0.6 is 15.9 Å². The smallest absolute Gasteiger partial charge is 0.254 e. The molecule has 43 heavy (non-hydrogen) atoms. The highest BCUT2D eigenvalue weighted by atomic mass is 79.9. The first-order valence-electron chi connectivity index (χ1n) is 14.4. The monoisotopic (exact) mass is 644 g/mol. The third-order valence-electron chi connectivity index (χ3n) is 7.91. The first kappa shape index (κ1) is 30.1. The van der Waals surface area contributed by atoms with Crippen LogP contribution in [0, 0.1) is 12.3 Å². The number of carbonyl (C=O) groups excluding carboxylic acids is 2. The van der Waals surface area contributed by atoms with E-state index >= 15 is 0 Å². The summed E-state index contributed by atoms with van der Waals surface area (Å²) in [6.07, 6.45) is 0.980.